The maximum absolute atomic E-state index is 11.4. The largest absolute Gasteiger partial charge is 0.467 e. The van der Waals surface area contributed by atoms with E-state index in [4.69, 9.17) is 0 Å². The lowest BCUT2D eigenvalue weighted by molar-refractivity contribution is -0.149. The molecule has 1 aromatic heterocycles. The van der Waals surface area contributed by atoms with Crippen LogP contribution in [0.4, 0.5) is 0 Å². The second-order valence-corrected chi connectivity index (χ2v) is 3.09. The number of amides is 1. The minimum absolute atomic E-state index is 0.0528. The number of esters is 1. The number of hydrogen-bond donors (Lipinski definition) is 2. The topological polar surface area (TPSA) is 102 Å². The Hall–Kier alpha value is -1.89. The summed E-state index contributed by atoms with van der Waals surface area (Å²) in [5, 5.41) is 14.9. The summed E-state index contributed by atoms with van der Waals surface area (Å²) < 4.78 is 8.97. The zero-order chi connectivity index (χ0) is 12.1. The highest BCUT2D eigenvalue weighted by Crippen LogP contribution is 2.04. The summed E-state index contributed by atoms with van der Waals surface area (Å²) >= 11 is 0. The number of aryl methyl sites for hydroxylation is 1. The van der Waals surface area contributed by atoms with Crippen LogP contribution in [-0.4, -0.2) is 41.9 Å². The van der Waals surface area contributed by atoms with Gasteiger partial charge in [0.1, 0.15) is 0 Å². The van der Waals surface area contributed by atoms with Gasteiger partial charge in [-0.15, -0.1) is 0 Å². The van der Waals surface area contributed by atoms with Crippen LogP contribution in [0.3, 0.4) is 0 Å². The van der Waals surface area contributed by atoms with Crippen LogP contribution in [0.2, 0.25) is 0 Å². The van der Waals surface area contributed by atoms with Crippen LogP contribution in [0.5, 0.6) is 0 Å². The molecule has 7 nitrogen and oxygen atoms in total. The molecule has 16 heavy (non-hydrogen) atoms. The molecule has 1 aromatic rings. The lowest BCUT2D eigenvalue weighted by atomic mass is 10.2. The maximum atomic E-state index is 11.4. The van der Waals surface area contributed by atoms with Crippen LogP contribution < -0.4 is 5.32 Å². The Morgan fingerprint density at radius 2 is 2.38 bits per heavy atom. The van der Waals surface area contributed by atoms with Gasteiger partial charge in [-0.3, -0.25) is 4.79 Å². The predicted octanol–water partition coefficient (Wildman–Crippen LogP) is -0.753. The Labute approximate surface area is 91.4 Å². The van der Waals surface area contributed by atoms with Crippen molar-refractivity contribution in [3.8, 4) is 0 Å². The van der Waals surface area contributed by atoms with E-state index in [1.807, 2.05) is 0 Å². The molecule has 0 radical (unpaired) electrons. The fourth-order valence-electron chi connectivity index (χ4n) is 0.998. The fraction of sp³-hybridized carbons (Fsp3) is 0.444. The van der Waals surface area contributed by atoms with Crippen LogP contribution in [-0.2, 0) is 9.53 Å². The van der Waals surface area contributed by atoms with Gasteiger partial charge in [-0.05, 0) is 6.92 Å². The van der Waals surface area contributed by atoms with Crippen LogP contribution in [0.15, 0.2) is 10.7 Å². The number of aromatic nitrogens is 1. The van der Waals surface area contributed by atoms with Crippen molar-refractivity contribution in [2.75, 3.05) is 13.7 Å². The monoisotopic (exact) mass is 228 g/mol. The van der Waals surface area contributed by atoms with Gasteiger partial charge in [-0.25, -0.2) is 4.79 Å². The first kappa shape index (κ1) is 12.2. The van der Waals surface area contributed by atoms with E-state index < -0.39 is 18.0 Å². The molecular weight excluding hydrogens is 216 g/mol. The molecule has 0 saturated heterocycles. The van der Waals surface area contributed by atoms with Gasteiger partial charge in [0.15, 0.2) is 6.10 Å². The van der Waals surface area contributed by atoms with Crippen molar-refractivity contribution >= 4 is 11.9 Å². The Balaban J connectivity index is 2.48. The standard InChI is InChI=1S/C9H12N2O5/c1-5-3-11-16-7(5)8(13)10-4-6(12)9(14)15-2/h3,6,12H,4H2,1-2H3,(H,10,13). The lowest BCUT2D eigenvalue weighted by Gasteiger charge is -2.08. The number of rotatable bonds is 4. The predicted molar refractivity (Wildman–Crippen MR) is 51.6 cm³/mol. The van der Waals surface area contributed by atoms with Crippen molar-refractivity contribution in [3.05, 3.63) is 17.5 Å². The number of hydrogen-bond acceptors (Lipinski definition) is 6. The summed E-state index contributed by atoms with van der Waals surface area (Å²) in [6, 6.07) is 0. The SMILES string of the molecule is COC(=O)C(O)CNC(=O)c1oncc1C. The van der Waals surface area contributed by atoms with E-state index in [0.717, 1.165) is 7.11 Å². The van der Waals surface area contributed by atoms with E-state index in [0.29, 0.717) is 5.56 Å². The van der Waals surface area contributed by atoms with Crippen molar-refractivity contribution in [1.82, 2.24) is 10.5 Å². The summed E-state index contributed by atoms with van der Waals surface area (Å²) in [7, 11) is 1.15. The zero-order valence-corrected chi connectivity index (χ0v) is 8.89. The second-order valence-electron chi connectivity index (χ2n) is 3.09. The van der Waals surface area contributed by atoms with Gasteiger partial charge in [0.05, 0.1) is 19.9 Å². The molecule has 1 amide bonds. The molecule has 0 aliphatic carbocycles. The molecule has 0 aliphatic heterocycles. The number of carbonyl (C=O) groups is 2. The van der Waals surface area contributed by atoms with Crippen molar-refractivity contribution in [1.29, 1.82) is 0 Å². The van der Waals surface area contributed by atoms with Gasteiger partial charge in [-0.1, -0.05) is 5.16 Å². The van der Waals surface area contributed by atoms with Crippen LogP contribution >= 0.6 is 0 Å². The molecule has 0 spiro atoms. The molecule has 1 unspecified atom stereocenters. The van der Waals surface area contributed by atoms with Crippen molar-refractivity contribution in [3.63, 3.8) is 0 Å². The minimum atomic E-state index is -1.39. The summed E-state index contributed by atoms with van der Waals surface area (Å²) in [5.74, 6) is -1.30. The quantitative estimate of drug-likeness (QED) is 0.657. The molecular formula is C9H12N2O5. The average Bonchev–Trinajstić information content (AvgIpc) is 2.70. The smallest absolute Gasteiger partial charge is 0.336 e. The number of carbonyl (C=O) groups excluding carboxylic acids is 2. The Morgan fingerprint density at radius 3 is 2.88 bits per heavy atom. The molecule has 1 heterocycles. The Bertz CT molecular complexity index is 387. The number of aliphatic hydroxyl groups excluding tert-OH is 1. The third-order valence-corrected chi connectivity index (χ3v) is 1.88. The minimum Gasteiger partial charge on any atom is -0.467 e. The number of ether oxygens (including phenoxy) is 1. The number of aliphatic hydroxyl groups is 1. The van der Waals surface area contributed by atoms with E-state index in [-0.39, 0.29) is 12.3 Å². The summed E-state index contributed by atoms with van der Waals surface area (Å²) in [4.78, 5) is 22.3. The molecule has 1 rings (SSSR count). The summed E-state index contributed by atoms with van der Waals surface area (Å²) in [5.41, 5.74) is 0.574. The first-order valence-corrected chi connectivity index (χ1v) is 4.51. The average molecular weight is 228 g/mol. The van der Waals surface area contributed by atoms with Crippen molar-refractivity contribution in [2.45, 2.75) is 13.0 Å². The van der Waals surface area contributed by atoms with Crippen LogP contribution in [0.25, 0.3) is 0 Å². The van der Waals surface area contributed by atoms with E-state index in [1.165, 1.54) is 6.20 Å². The summed E-state index contributed by atoms with van der Waals surface area (Å²) in [6.07, 6.45) is 0.00299. The molecule has 0 saturated carbocycles. The van der Waals surface area contributed by atoms with Gasteiger partial charge in [0, 0.05) is 5.56 Å². The van der Waals surface area contributed by atoms with Gasteiger partial charge in [-0.2, -0.15) is 0 Å². The van der Waals surface area contributed by atoms with E-state index >= 15 is 0 Å². The molecule has 0 fully saturated rings. The zero-order valence-electron chi connectivity index (χ0n) is 8.89. The maximum Gasteiger partial charge on any atom is 0.336 e. The Morgan fingerprint density at radius 1 is 1.69 bits per heavy atom. The Kier molecular flexibility index (Phi) is 4.01. The van der Waals surface area contributed by atoms with Gasteiger partial charge >= 0.3 is 5.97 Å². The van der Waals surface area contributed by atoms with Crippen LogP contribution in [0, 0.1) is 6.92 Å². The molecule has 0 bridgehead atoms. The van der Waals surface area contributed by atoms with Crippen LogP contribution in [0.1, 0.15) is 16.1 Å². The highest BCUT2D eigenvalue weighted by atomic mass is 16.5. The van der Waals surface area contributed by atoms with Gasteiger partial charge in [0.25, 0.3) is 5.91 Å². The van der Waals surface area contributed by atoms with Gasteiger partial charge in [0.2, 0.25) is 5.76 Å². The number of nitrogens with one attached hydrogen (secondary N) is 1. The molecule has 0 aromatic carbocycles. The third-order valence-electron chi connectivity index (χ3n) is 1.88. The van der Waals surface area contributed by atoms with Crippen molar-refractivity contribution < 1.29 is 24.0 Å². The fourth-order valence-corrected chi connectivity index (χ4v) is 0.998. The first-order valence-electron chi connectivity index (χ1n) is 4.51. The summed E-state index contributed by atoms with van der Waals surface area (Å²) in [6.45, 7) is 1.41. The first-order chi connectivity index (χ1) is 7.56. The van der Waals surface area contributed by atoms with Crippen molar-refractivity contribution in [2.24, 2.45) is 0 Å². The lowest BCUT2D eigenvalue weighted by Crippen LogP contribution is -2.37. The highest BCUT2D eigenvalue weighted by Gasteiger charge is 2.19. The normalized spacial score (nSPS) is 11.9. The third kappa shape index (κ3) is 2.80. The number of methoxy groups -OCH3 is 1. The highest BCUT2D eigenvalue weighted by molar-refractivity contribution is 5.92. The molecule has 1 atom stereocenters. The molecule has 2 N–H and O–H groups in total. The molecule has 88 valence electrons. The molecule has 0 aliphatic rings. The number of nitrogens with zero attached hydrogens (tertiary/aromatic N) is 1. The van der Waals surface area contributed by atoms with E-state index in [9.17, 15) is 14.7 Å². The van der Waals surface area contributed by atoms with Gasteiger partial charge < -0.3 is 19.7 Å². The molecule has 7 heteroatoms. The van der Waals surface area contributed by atoms with E-state index in [1.54, 1.807) is 6.92 Å². The second kappa shape index (κ2) is 5.26. The van der Waals surface area contributed by atoms with E-state index in [2.05, 4.69) is 19.7 Å².